The molecule has 0 aliphatic heterocycles. The van der Waals surface area contributed by atoms with Crippen molar-refractivity contribution in [1.82, 2.24) is 9.97 Å². The first-order chi connectivity index (χ1) is 21.2. The topological polar surface area (TPSA) is 159 Å². The van der Waals surface area contributed by atoms with Crippen LogP contribution in [0.2, 0.25) is 0 Å². The second-order valence-corrected chi connectivity index (χ2v) is 11.9. The van der Waals surface area contributed by atoms with E-state index in [2.05, 4.69) is 16.9 Å². The predicted octanol–water partition coefficient (Wildman–Crippen LogP) is 5.13. The zero-order valence-electron chi connectivity index (χ0n) is 25.7. The molecule has 3 aromatic rings. The van der Waals surface area contributed by atoms with Gasteiger partial charge in [0.15, 0.2) is 11.5 Å². The van der Waals surface area contributed by atoms with Crippen molar-refractivity contribution < 1.29 is 29.6 Å². The van der Waals surface area contributed by atoms with E-state index in [1.807, 2.05) is 42.6 Å². The van der Waals surface area contributed by atoms with Gasteiger partial charge in [0.2, 0.25) is 0 Å². The molecule has 0 amide bonds. The predicted molar refractivity (Wildman–Crippen MR) is 170 cm³/mol. The second-order valence-electron chi connectivity index (χ2n) is 11.9. The Kier molecular flexibility index (Phi) is 11.4. The monoisotopic (exact) mass is 603 g/mol. The zero-order chi connectivity index (χ0) is 31.7. The molecule has 1 aliphatic carbocycles. The van der Waals surface area contributed by atoms with E-state index in [0.717, 1.165) is 41.6 Å². The molecule has 0 spiro atoms. The number of Topliss-reactive ketones (excluding diaryl/α,β-unsaturated/α-hetero) is 2. The molecule has 3 atom stereocenters. The average Bonchev–Trinajstić information content (AvgIpc) is 3.53. The molecule has 0 fully saturated rings. The Morgan fingerprint density at radius 2 is 1.93 bits per heavy atom. The molecule has 0 saturated carbocycles. The highest BCUT2D eigenvalue weighted by Gasteiger charge is 2.44. The summed E-state index contributed by atoms with van der Waals surface area (Å²) in [6.07, 6.45) is 11.9. The number of aliphatic hydroxyl groups is 2. The number of fused-ring (bicyclic) bond motifs is 1. The number of aryl methyl sites for hydroxylation is 1. The van der Waals surface area contributed by atoms with Crippen molar-refractivity contribution in [3.05, 3.63) is 76.7 Å². The number of anilines is 1. The highest BCUT2D eigenvalue weighted by atomic mass is 16.5. The van der Waals surface area contributed by atoms with Crippen molar-refractivity contribution in [2.45, 2.75) is 70.6 Å². The van der Waals surface area contributed by atoms with Crippen molar-refractivity contribution in [3.63, 3.8) is 0 Å². The molecule has 236 valence electrons. The summed E-state index contributed by atoms with van der Waals surface area (Å²) in [5, 5.41) is 31.9. The van der Waals surface area contributed by atoms with Crippen molar-refractivity contribution in [2.24, 2.45) is 11.3 Å². The molecule has 1 aliphatic rings. The quantitative estimate of drug-likeness (QED) is 0.133. The standard InChI is InChI=1S/C35H45N3O6/c1-3-6-23(21-39)7-4-9-26(41)19-27(42)11-10-24-17-30(33(43)31(18-24)44-2)32-28-13-16-38-34(36)29(28)12-14-35(32,22-40)20-25-8-5-15-37-25/h5,8,12-18,23,32,37,39-40,43H,3-4,6-7,9-11,19-22H2,1-2H3,(H2,36,38)/t23-,32-,35-/m0/s1. The van der Waals surface area contributed by atoms with Crippen molar-refractivity contribution in [2.75, 3.05) is 26.1 Å². The summed E-state index contributed by atoms with van der Waals surface area (Å²) < 4.78 is 5.57. The van der Waals surface area contributed by atoms with Gasteiger partial charge in [-0.2, -0.15) is 0 Å². The van der Waals surface area contributed by atoms with Gasteiger partial charge in [0.05, 0.1) is 20.1 Å². The van der Waals surface area contributed by atoms with Crippen LogP contribution >= 0.6 is 0 Å². The maximum atomic E-state index is 12.8. The number of ketones is 2. The summed E-state index contributed by atoms with van der Waals surface area (Å²) in [5.74, 6) is 0.0318. The van der Waals surface area contributed by atoms with E-state index in [1.54, 1.807) is 12.3 Å². The highest BCUT2D eigenvalue weighted by Crippen LogP contribution is 2.53. The van der Waals surface area contributed by atoms with Crippen LogP contribution in [0.4, 0.5) is 5.82 Å². The number of phenols is 1. The Labute approximate surface area is 259 Å². The van der Waals surface area contributed by atoms with Crippen LogP contribution in [0.1, 0.15) is 85.7 Å². The summed E-state index contributed by atoms with van der Waals surface area (Å²) in [4.78, 5) is 32.8. The molecular weight excluding hydrogens is 558 g/mol. The lowest BCUT2D eigenvalue weighted by Crippen LogP contribution is -2.36. The minimum atomic E-state index is -0.832. The van der Waals surface area contributed by atoms with Gasteiger partial charge in [-0.1, -0.05) is 31.6 Å². The van der Waals surface area contributed by atoms with E-state index in [-0.39, 0.29) is 55.0 Å². The first kappa shape index (κ1) is 33.0. The number of phenolic OH excluding ortho intramolecular Hbond substituents is 1. The van der Waals surface area contributed by atoms with Gasteiger partial charge in [-0.15, -0.1) is 0 Å². The number of hydrogen-bond donors (Lipinski definition) is 5. The van der Waals surface area contributed by atoms with Gasteiger partial charge in [0.25, 0.3) is 0 Å². The number of nitrogen functional groups attached to an aromatic ring is 1. The van der Waals surface area contributed by atoms with Crippen LogP contribution in [0, 0.1) is 11.3 Å². The smallest absolute Gasteiger partial charge is 0.161 e. The van der Waals surface area contributed by atoms with Crippen LogP contribution in [-0.2, 0) is 22.4 Å². The Hall–Kier alpha value is -3.95. The molecule has 9 heteroatoms. The van der Waals surface area contributed by atoms with Crippen LogP contribution < -0.4 is 10.5 Å². The van der Waals surface area contributed by atoms with E-state index in [0.29, 0.717) is 37.1 Å². The normalized spacial score (nSPS) is 18.1. The fraction of sp³-hybridized carbons (Fsp3) is 0.457. The summed E-state index contributed by atoms with van der Waals surface area (Å²) >= 11 is 0. The van der Waals surface area contributed by atoms with Gasteiger partial charge < -0.3 is 30.8 Å². The number of aromatic hydroxyl groups is 1. The number of ether oxygens (including phenoxy) is 1. The van der Waals surface area contributed by atoms with Crippen molar-refractivity contribution in [1.29, 1.82) is 0 Å². The van der Waals surface area contributed by atoms with Gasteiger partial charge in [-0.05, 0) is 73.4 Å². The lowest BCUT2D eigenvalue weighted by atomic mass is 9.63. The molecule has 0 radical (unpaired) electrons. The van der Waals surface area contributed by atoms with Crippen LogP contribution in [0.3, 0.4) is 0 Å². The van der Waals surface area contributed by atoms with E-state index in [9.17, 15) is 24.9 Å². The van der Waals surface area contributed by atoms with Gasteiger partial charge in [-0.25, -0.2) is 4.98 Å². The summed E-state index contributed by atoms with van der Waals surface area (Å²) in [6.45, 7) is 1.99. The van der Waals surface area contributed by atoms with Crippen LogP contribution in [0.15, 0.2) is 48.8 Å². The number of nitrogens with one attached hydrogen (secondary N) is 1. The molecule has 2 heterocycles. The Morgan fingerprint density at radius 1 is 1.14 bits per heavy atom. The minimum absolute atomic E-state index is 0.0482. The molecule has 1 aromatic carbocycles. The Bertz CT molecular complexity index is 1450. The fourth-order valence-corrected chi connectivity index (χ4v) is 6.48. The number of H-pyrrole nitrogens is 1. The maximum absolute atomic E-state index is 12.8. The molecule has 0 unspecified atom stereocenters. The number of nitrogens with two attached hydrogens (primary N) is 1. The molecule has 9 nitrogen and oxygen atoms in total. The molecular formula is C35H45N3O6. The number of nitrogens with zero attached hydrogens (tertiary/aromatic N) is 1. The summed E-state index contributed by atoms with van der Waals surface area (Å²) in [6, 6.07) is 9.29. The number of aromatic nitrogens is 2. The van der Waals surface area contributed by atoms with Gasteiger partial charge in [0.1, 0.15) is 17.4 Å². The number of benzene rings is 1. The van der Waals surface area contributed by atoms with Gasteiger partial charge in [-0.3, -0.25) is 9.59 Å². The SMILES string of the molecule is CCC[C@H](CO)CCCC(=O)CC(=O)CCc1cc(OC)c(O)c([C@@H]2c3ccnc(N)c3C=C[C@@]2(CO)Cc2ccc[nH]2)c1. The third kappa shape index (κ3) is 7.57. The number of carbonyl (C=O) groups is 2. The van der Waals surface area contributed by atoms with Crippen molar-refractivity contribution in [3.8, 4) is 11.5 Å². The molecule has 6 N–H and O–H groups in total. The third-order valence-electron chi connectivity index (χ3n) is 8.80. The van der Waals surface area contributed by atoms with Gasteiger partial charge >= 0.3 is 0 Å². The fourth-order valence-electron chi connectivity index (χ4n) is 6.48. The number of aliphatic hydroxyl groups excluding tert-OH is 2. The molecule has 4 rings (SSSR count). The number of aromatic amines is 1. The Morgan fingerprint density at radius 3 is 2.61 bits per heavy atom. The highest BCUT2D eigenvalue weighted by molar-refractivity contribution is 5.99. The maximum Gasteiger partial charge on any atom is 0.161 e. The second kappa shape index (κ2) is 15.2. The van der Waals surface area contributed by atoms with Crippen LogP contribution in [0.25, 0.3) is 6.08 Å². The number of pyridine rings is 1. The van der Waals surface area contributed by atoms with E-state index in [1.165, 1.54) is 7.11 Å². The average molecular weight is 604 g/mol. The molecule has 44 heavy (non-hydrogen) atoms. The van der Waals surface area contributed by atoms with Crippen molar-refractivity contribution >= 4 is 23.5 Å². The van der Waals surface area contributed by atoms with E-state index >= 15 is 0 Å². The molecule has 0 bridgehead atoms. The number of carbonyl (C=O) groups excluding carboxylic acids is 2. The Balaban J connectivity index is 1.58. The summed E-state index contributed by atoms with van der Waals surface area (Å²) in [5.41, 5.74) is 9.22. The van der Waals surface area contributed by atoms with E-state index in [4.69, 9.17) is 10.5 Å². The first-order valence-corrected chi connectivity index (χ1v) is 15.5. The number of rotatable bonds is 17. The molecule has 2 aromatic heterocycles. The van der Waals surface area contributed by atoms with Gasteiger partial charge in [0, 0.05) is 60.0 Å². The summed E-state index contributed by atoms with van der Waals surface area (Å²) in [7, 11) is 1.48. The van der Waals surface area contributed by atoms with Crippen LogP contribution in [-0.4, -0.2) is 57.2 Å². The number of hydrogen-bond acceptors (Lipinski definition) is 8. The van der Waals surface area contributed by atoms with Crippen LogP contribution in [0.5, 0.6) is 11.5 Å². The largest absolute Gasteiger partial charge is 0.504 e. The third-order valence-corrected chi connectivity index (χ3v) is 8.80. The minimum Gasteiger partial charge on any atom is -0.504 e. The lowest BCUT2D eigenvalue weighted by Gasteiger charge is -2.41. The first-order valence-electron chi connectivity index (χ1n) is 15.5. The molecule has 0 saturated heterocycles. The number of methoxy groups -OCH3 is 1. The van der Waals surface area contributed by atoms with E-state index < -0.39 is 11.3 Å². The zero-order valence-corrected chi connectivity index (χ0v) is 25.7. The lowest BCUT2D eigenvalue weighted by molar-refractivity contribution is -0.127.